The van der Waals surface area contributed by atoms with E-state index in [2.05, 4.69) is 69.9 Å². The largest absolute Gasteiger partial charge is 2.00 e. The number of aromatic nitrogens is 2. The number of nitrogens with one attached hydrogen (secondary N) is 1. The van der Waals surface area contributed by atoms with Crippen molar-refractivity contribution >= 4 is 87.3 Å². The van der Waals surface area contributed by atoms with E-state index in [0.717, 1.165) is 51.4 Å². The number of hydrogen-bond donors (Lipinski definition) is 1. The molecule has 0 amide bonds. The second-order valence-corrected chi connectivity index (χ2v) is 7.75. The molecule has 0 unspecified atom stereocenters. The van der Waals surface area contributed by atoms with E-state index in [1.165, 1.54) is 12.1 Å². The first-order valence-electron chi connectivity index (χ1n) is 13.6. The molecule has 1 N–H and O–H groups in total. The zero-order valence-electron chi connectivity index (χ0n) is 25.5. The molecule has 48 heavy (non-hydrogen) atoms. The quantitative estimate of drug-likeness (QED) is 0.402. The molecule has 0 spiro atoms. The van der Waals surface area contributed by atoms with Crippen LogP contribution in [0, 0.1) is 0 Å². The van der Waals surface area contributed by atoms with E-state index in [0.29, 0.717) is 0 Å². The van der Waals surface area contributed by atoms with E-state index < -0.39 is 11.9 Å². The van der Waals surface area contributed by atoms with Crippen molar-refractivity contribution in [3.8, 4) is 0 Å². The van der Waals surface area contributed by atoms with Crippen LogP contribution >= 0.6 is 0 Å². The molecule has 18 nitrogen and oxygen atoms in total. The smallest absolute Gasteiger partial charge is 0.545 e. The Labute approximate surface area is 286 Å². The van der Waals surface area contributed by atoms with Gasteiger partial charge in [-0.2, -0.15) is 0 Å². The predicted octanol–water partition coefficient (Wildman–Crippen LogP) is -0.585. The fourth-order valence-corrected chi connectivity index (χ4v) is 2.47. The summed E-state index contributed by atoms with van der Waals surface area (Å²) in [5.74, 6) is -3.04. The second kappa shape index (κ2) is 32.3. The number of carboxylic acid groups (broad SMARTS) is 2. The minimum atomic E-state index is -1.52. The summed E-state index contributed by atoms with van der Waals surface area (Å²) in [6.45, 7) is 4.67. The van der Waals surface area contributed by atoms with Crippen LogP contribution in [0.3, 0.4) is 0 Å². The number of carbonyl (C=O) groups is 2. The van der Waals surface area contributed by atoms with Crippen molar-refractivity contribution in [1.82, 2.24) is 9.97 Å². The molecule has 1 aromatic heterocycles. The maximum atomic E-state index is 10.3. The molecule has 0 aliphatic carbocycles. The van der Waals surface area contributed by atoms with Gasteiger partial charge >= 0.3 is 16.5 Å². The van der Waals surface area contributed by atoms with Crippen LogP contribution in [-0.2, 0) is 16.5 Å². The van der Waals surface area contributed by atoms with Crippen LogP contribution < -0.4 is 10.2 Å². The van der Waals surface area contributed by atoms with Gasteiger partial charge in [-0.05, 0) is 0 Å². The third-order valence-corrected chi connectivity index (χ3v) is 4.42. The number of aromatic amines is 1. The summed E-state index contributed by atoms with van der Waals surface area (Å²) >= 11 is 0. The Hall–Kier alpha value is -6.10. The number of hydrogen-bond acceptors (Lipinski definition) is 17. The van der Waals surface area contributed by atoms with Crippen LogP contribution in [0.5, 0.6) is 0 Å². The van der Waals surface area contributed by atoms with E-state index in [9.17, 15) is 19.8 Å². The molecule has 2 aromatic rings. The average Bonchev–Trinajstić information content (AvgIpc) is 3.99. The Morgan fingerprint density at radius 3 is 0.917 bits per heavy atom. The molecular weight excluding hydrogens is 667 g/mol. The Bertz CT molecular complexity index is 1230. The number of aromatic carboxylic acids is 2. The predicted molar refractivity (Wildman–Crippen MR) is 185 cm³/mol. The summed E-state index contributed by atoms with van der Waals surface area (Å²) in [5.41, 5.74) is -0.727. The van der Waals surface area contributed by atoms with Gasteiger partial charge in [-0.15, -0.1) is 0 Å². The summed E-state index contributed by atoms with van der Waals surface area (Å²) in [4.78, 5) is 71.5. The van der Waals surface area contributed by atoms with Crippen LogP contribution in [0.2, 0.25) is 0 Å². The summed E-state index contributed by atoms with van der Waals surface area (Å²) in [6.07, 6.45) is 25.0. The van der Waals surface area contributed by atoms with Crippen molar-refractivity contribution in [2.45, 2.75) is 0 Å². The Morgan fingerprint density at radius 2 is 0.812 bits per heavy atom. The third-order valence-electron chi connectivity index (χ3n) is 4.42. The first kappa shape index (κ1) is 41.9. The maximum Gasteiger partial charge on any atom is 2.00 e. The molecular formula is C29H32N14NiO4. The number of carboxylic acids is 2. The molecule has 19 heteroatoms. The van der Waals surface area contributed by atoms with E-state index >= 15 is 0 Å². The van der Waals surface area contributed by atoms with E-state index in [-0.39, 0.29) is 27.6 Å². The van der Waals surface area contributed by atoms with Gasteiger partial charge in [0.05, 0.1) is 57.5 Å². The standard InChI is InChI=1S/C8H6O4.7C3H4N2.Ni/c9-7(10)5-3-1-2-4-6(5)8(11)12;7*1-2-5-3-4-1;/h1-4H,(H,9,10)(H,11,12);6*1,3H,2H2;1-3H,(H,4,5);/q;;;;;;;;+2/p-2. The molecule has 0 fully saturated rings. The summed E-state index contributed by atoms with van der Waals surface area (Å²) in [6, 6.07) is 5.14. The number of H-pyrrole nitrogens is 1. The fourth-order valence-electron chi connectivity index (χ4n) is 2.47. The molecule has 7 heterocycles. The number of rotatable bonds is 2. The minimum Gasteiger partial charge on any atom is -0.545 e. The summed E-state index contributed by atoms with van der Waals surface area (Å²) < 4.78 is 0. The van der Waals surface area contributed by atoms with Crippen LogP contribution in [0.4, 0.5) is 0 Å². The molecule has 8 rings (SSSR count). The maximum absolute atomic E-state index is 10.3. The molecule has 1 aromatic carbocycles. The van der Waals surface area contributed by atoms with Crippen LogP contribution in [0.15, 0.2) is 103 Å². The van der Waals surface area contributed by atoms with Crippen molar-refractivity contribution in [1.29, 1.82) is 0 Å². The normalized spacial score (nSPS) is 14.2. The molecule has 0 radical (unpaired) electrons. The number of aliphatic imine (C=N–C) groups is 12. The van der Waals surface area contributed by atoms with Gasteiger partial charge in [-0.3, -0.25) is 30.0 Å². The van der Waals surface area contributed by atoms with Crippen LogP contribution in [0.1, 0.15) is 20.7 Å². The van der Waals surface area contributed by atoms with Crippen LogP contribution in [0.25, 0.3) is 0 Å². The van der Waals surface area contributed by atoms with Gasteiger partial charge in [0.25, 0.3) is 0 Å². The van der Waals surface area contributed by atoms with Crippen molar-refractivity contribution in [3.63, 3.8) is 0 Å². The third kappa shape index (κ3) is 26.3. The van der Waals surface area contributed by atoms with E-state index in [1.807, 2.05) is 0 Å². The molecule has 0 saturated heterocycles. The topological polar surface area (TPSA) is 257 Å². The van der Waals surface area contributed by atoms with Gasteiger partial charge in [0.1, 0.15) is 38.0 Å². The molecule has 0 saturated carbocycles. The van der Waals surface area contributed by atoms with Crippen molar-refractivity contribution in [3.05, 3.63) is 54.1 Å². The first-order valence-corrected chi connectivity index (χ1v) is 13.6. The monoisotopic (exact) mass is 698 g/mol. The van der Waals surface area contributed by atoms with Crippen molar-refractivity contribution in [2.75, 3.05) is 39.3 Å². The Balaban J connectivity index is 0.000000539. The average molecular weight is 699 g/mol. The fraction of sp³-hybridized carbons (Fsp3) is 0.207. The molecule has 0 bridgehead atoms. The molecule has 6 aliphatic heterocycles. The van der Waals surface area contributed by atoms with Gasteiger partial charge < -0.3 is 24.8 Å². The number of imidazole rings is 1. The Kier molecular flexibility index (Phi) is 28.2. The van der Waals surface area contributed by atoms with Crippen LogP contribution in [-0.4, -0.2) is 136 Å². The Morgan fingerprint density at radius 1 is 0.521 bits per heavy atom. The van der Waals surface area contributed by atoms with Gasteiger partial charge in [0, 0.05) is 60.8 Å². The molecule has 0 atom stereocenters. The van der Waals surface area contributed by atoms with E-state index in [1.54, 1.807) is 94.0 Å². The SMILES string of the molecule is C1=NC=NC1.C1=NC=NC1.C1=NC=NC1.C1=NC=NC1.C1=NC=NC1.C1=NC=NC1.O=C([O-])c1ccccc1C(=O)[O-].[Ni+2].c1c[nH]cn1. The zero-order valence-corrected chi connectivity index (χ0v) is 26.5. The zero-order chi connectivity index (χ0) is 33.9. The molecule has 252 valence electrons. The number of nitrogens with zero attached hydrogens (tertiary/aromatic N) is 13. The van der Waals surface area contributed by atoms with Crippen molar-refractivity contribution < 1.29 is 36.3 Å². The number of carbonyl (C=O) groups excluding carboxylic acids is 2. The van der Waals surface area contributed by atoms with Gasteiger partial charge in [0.2, 0.25) is 0 Å². The number of benzene rings is 1. The van der Waals surface area contributed by atoms with Gasteiger partial charge in [0.15, 0.2) is 0 Å². The first-order chi connectivity index (χ1) is 23.1. The summed E-state index contributed by atoms with van der Waals surface area (Å²) in [5, 5.41) is 20.6. The van der Waals surface area contributed by atoms with E-state index in [4.69, 9.17) is 0 Å². The second-order valence-electron chi connectivity index (χ2n) is 7.75. The van der Waals surface area contributed by atoms with Gasteiger partial charge in [-0.1, -0.05) is 24.3 Å². The van der Waals surface area contributed by atoms with Crippen molar-refractivity contribution in [2.24, 2.45) is 59.9 Å². The van der Waals surface area contributed by atoms with Gasteiger partial charge in [-0.25, -0.2) is 34.9 Å². The minimum absolute atomic E-state index is 0. The molecule has 6 aliphatic rings. The summed E-state index contributed by atoms with van der Waals surface area (Å²) in [7, 11) is 0.